The van der Waals surface area contributed by atoms with E-state index in [1.54, 1.807) is 0 Å². The maximum absolute atomic E-state index is 11.3. The van der Waals surface area contributed by atoms with Gasteiger partial charge in [-0.05, 0) is 12.3 Å². The third kappa shape index (κ3) is 6.71. The molecule has 0 aromatic carbocycles. The number of aliphatic carboxylic acids is 1. The lowest BCUT2D eigenvalue weighted by Gasteiger charge is -2.11. The summed E-state index contributed by atoms with van der Waals surface area (Å²) in [6, 6.07) is 0. The molecule has 0 aliphatic rings. The quantitative estimate of drug-likeness (QED) is 0.629. The largest absolute Gasteiger partial charge is 0.481 e. The molecule has 0 aliphatic heterocycles. The molecule has 0 aliphatic carbocycles. The van der Waals surface area contributed by atoms with E-state index in [1.165, 1.54) is 6.08 Å². The highest BCUT2D eigenvalue weighted by molar-refractivity contribution is 5.82. The molecule has 0 rings (SSSR count). The van der Waals surface area contributed by atoms with Gasteiger partial charge in [0.15, 0.2) is 0 Å². The molecule has 0 aromatic heterocycles. The van der Waals surface area contributed by atoms with E-state index in [2.05, 4.69) is 11.9 Å². The van der Waals surface area contributed by atoms with Crippen LogP contribution >= 0.6 is 0 Å². The van der Waals surface area contributed by atoms with Crippen molar-refractivity contribution in [2.75, 3.05) is 6.54 Å². The molecule has 0 radical (unpaired) electrons. The molecule has 0 fully saturated rings. The van der Waals surface area contributed by atoms with Crippen molar-refractivity contribution in [3.05, 3.63) is 12.7 Å². The summed E-state index contributed by atoms with van der Waals surface area (Å²) in [5.74, 6) is -1.45. The molecule has 0 saturated heterocycles. The monoisotopic (exact) mass is 213 g/mol. The molecule has 0 spiro atoms. The van der Waals surface area contributed by atoms with Gasteiger partial charge in [0.05, 0.1) is 5.92 Å². The molecule has 15 heavy (non-hydrogen) atoms. The molecular formula is C11H19NO3. The highest BCUT2D eigenvalue weighted by Gasteiger charge is 2.19. The van der Waals surface area contributed by atoms with Gasteiger partial charge in [-0.2, -0.15) is 0 Å². The molecule has 0 aromatic rings. The van der Waals surface area contributed by atoms with E-state index in [0.717, 1.165) is 0 Å². The van der Waals surface area contributed by atoms with Gasteiger partial charge in [-0.15, -0.1) is 6.58 Å². The minimum absolute atomic E-state index is 0.0219. The minimum atomic E-state index is -0.949. The van der Waals surface area contributed by atoms with Crippen LogP contribution in [0.3, 0.4) is 0 Å². The summed E-state index contributed by atoms with van der Waals surface area (Å²) in [5.41, 5.74) is 0. The van der Waals surface area contributed by atoms with Crippen molar-refractivity contribution in [1.82, 2.24) is 5.32 Å². The first-order valence-corrected chi connectivity index (χ1v) is 5.07. The van der Waals surface area contributed by atoms with E-state index in [4.69, 9.17) is 5.11 Å². The van der Waals surface area contributed by atoms with Crippen LogP contribution in [0.5, 0.6) is 0 Å². The lowest BCUT2D eigenvalue weighted by Crippen LogP contribution is -2.30. The van der Waals surface area contributed by atoms with Crippen molar-refractivity contribution in [2.45, 2.75) is 26.7 Å². The van der Waals surface area contributed by atoms with Crippen LogP contribution in [0.1, 0.15) is 26.7 Å². The van der Waals surface area contributed by atoms with Gasteiger partial charge >= 0.3 is 5.97 Å². The van der Waals surface area contributed by atoms with Crippen LogP contribution in [-0.4, -0.2) is 23.5 Å². The zero-order valence-electron chi connectivity index (χ0n) is 9.32. The molecule has 1 atom stereocenters. The fourth-order valence-corrected chi connectivity index (χ4v) is 1.09. The van der Waals surface area contributed by atoms with Gasteiger partial charge in [0, 0.05) is 13.0 Å². The van der Waals surface area contributed by atoms with Gasteiger partial charge < -0.3 is 10.4 Å². The fourth-order valence-electron chi connectivity index (χ4n) is 1.09. The predicted octanol–water partition coefficient (Wildman–Crippen LogP) is 1.43. The third-order valence-corrected chi connectivity index (χ3v) is 1.94. The normalized spacial score (nSPS) is 12.2. The average molecular weight is 213 g/mol. The minimum Gasteiger partial charge on any atom is -0.481 e. The summed E-state index contributed by atoms with van der Waals surface area (Å²) in [4.78, 5) is 22.1. The van der Waals surface area contributed by atoms with Crippen molar-refractivity contribution in [3.63, 3.8) is 0 Å². The Bertz CT molecular complexity index is 236. The highest BCUT2D eigenvalue weighted by atomic mass is 16.4. The van der Waals surface area contributed by atoms with Crippen molar-refractivity contribution >= 4 is 11.9 Å². The highest BCUT2D eigenvalue weighted by Crippen LogP contribution is 2.09. The zero-order valence-corrected chi connectivity index (χ0v) is 9.32. The average Bonchev–Trinajstić information content (AvgIpc) is 2.14. The lowest BCUT2D eigenvalue weighted by molar-refractivity contribution is -0.143. The Kier molecular flexibility index (Phi) is 6.42. The van der Waals surface area contributed by atoms with E-state index in [1.807, 2.05) is 13.8 Å². The number of carbonyl (C=O) groups excluding carboxylic acids is 1. The molecule has 0 bridgehead atoms. The van der Waals surface area contributed by atoms with Crippen LogP contribution in [0.4, 0.5) is 0 Å². The summed E-state index contributed by atoms with van der Waals surface area (Å²) < 4.78 is 0. The molecular weight excluding hydrogens is 194 g/mol. The summed E-state index contributed by atoms with van der Waals surface area (Å²) >= 11 is 0. The molecule has 2 N–H and O–H groups in total. The second kappa shape index (κ2) is 7.04. The summed E-state index contributed by atoms with van der Waals surface area (Å²) in [6.07, 6.45) is 1.87. The molecule has 1 unspecified atom stereocenters. The Morgan fingerprint density at radius 1 is 1.47 bits per heavy atom. The zero-order chi connectivity index (χ0) is 11.8. The SMILES string of the molecule is C=CCC(CC(=O)NCC(C)C)C(=O)O. The first-order chi connectivity index (χ1) is 6.97. The van der Waals surface area contributed by atoms with Gasteiger partial charge in [0.1, 0.15) is 0 Å². The number of amides is 1. The van der Waals surface area contributed by atoms with E-state index in [9.17, 15) is 9.59 Å². The van der Waals surface area contributed by atoms with E-state index < -0.39 is 11.9 Å². The number of carboxylic acids is 1. The molecule has 0 heterocycles. The number of rotatable bonds is 7. The standard InChI is InChI=1S/C11H19NO3/c1-4-5-9(11(14)15)6-10(13)12-7-8(2)3/h4,8-9H,1,5-7H2,2-3H3,(H,12,13)(H,14,15). The van der Waals surface area contributed by atoms with Crippen LogP contribution in [-0.2, 0) is 9.59 Å². The van der Waals surface area contributed by atoms with E-state index in [0.29, 0.717) is 18.9 Å². The molecule has 4 heteroatoms. The van der Waals surface area contributed by atoms with E-state index in [-0.39, 0.29) is 12.3 Å². The first-order valence-electron chi connectivity index (χ1n) is 5.07. The predicted molar refractivity (Wildman–Crippen MR) is 58.4 cm³/mol. The maximum atomic E-state index is 11.3. The number of hydrogen-bond donors (Lipinski definition) is 2. The fraction of sp³-hybridized carbons (Fsp3) is 0.636. The number of allylic oxidation sites excluding steroid dienone is 1. The van der Waals surface area contributed by atoms with Crippen molar-refractivity contribution in [2.24, 2.45) is 11.8 Å². The molecule has 86 valence electrons. The number of carboxylic acid groups (broad SMARTS) is 1. The molecule has 4 nitrogen and oxygen atoms in total. The van der Waals surface area contributed by atoms with Crippen LogP contribution in [0, 0.1) is 11.8 Å². The lowest BCUT2D eigenvalue weighted by atomic mass is 10.0. The van der Waals surface area contributed by atoms with Gasteiger partial charge in [0.25, 0.3) is 0 Å². The summed E-state index contributed by atoms with van der Waals surface area (Å²) in [7, 11) is 0. The van der Waals surface area contributed by atoms with Gasteiger partial charge in [0.2, 0.25) is 5.91 Å². The van der Waals surface area contributed by atoms with Crippen LogP contribution in [0.2, 0.25) is 0 Å². The van der Waals surface area contributed by atoms with Crippen LogP contribution < -0.4 is 5.32 Å². The second-order valence-electron chi connectivity index (χ2n) is 3.96. The van der Waals surface area contributed by atoms with Crippen molar-refractivity contribution in [3.8, 4) is 0 Å². The summed E-state index contributed by atoms with van der Waals surface area (Å²) in [6.45, 7) is 8.02. The second-order valence-corrected chi connectivity index (χ2v) is 3.96. The molecule has 0 saturated carbocycles. The van der Waals surface area contributed by atoms with Crippen molar-refractivity contribution in [1.29, 1.82) is 0 Å². The first kappa shape index (κ1) is 13.7. The number of nitrogens with one attached hydrogen (secondary N) is 1. The van der Waals surface area contributed by atoms with Crippen LogP contribution in [0.25, 0.3) is 0 Å². The summed E-state index contributed by atoms with van der Waals surface area (Å²) in [5, 5.41) is 11.5. The maximum Gasteiger partial charge on any atom is 0.307 e. The topological polar surface area (TPSA) is 66.4 Å². The number of carbonyl (C=O) groups is 2. The van der Waals surface area contributed by atoms with Crippen molar-refractivity contribution < 1.29 is 14.7 Å². The van der Waals surface area contributed by atoms with Gasteiger partial charge in [-0.25, -0.2) is 0 Å². The smallest absolute Gasteiger partial charge is 0.307 e. The Labute approximate surface area is 90.4 Å². The van der Waals surface area contributed by atoms with Gasteiger partial charge in [-0.1, -0.05) is 19.9 Å². The van der Waals surface area contributed by atoms with E-state index >= 15 is 0 Å². The van der Waals surface area contributed by atoms with Crippen LogP contribution in [0.15, 0.2) is 12.7 Å². The third-order valence-electron chi connectivity index (χ3n) is 1.94. The Morgan fingerprint density at radius 3 is 2.47 bits per heavy atom. The molecule has 1 amide bonds. The Hall–Kier alpha value is -1.32. The Balaban J connectivity index is 3.99. The Morgan fingerprint density at radius 2 is 2.07 bits per heavy atom. The van der Waals surface area contributed by atoms with Gasteiger partial charge in [-0.3, -0.25) is 9.59 Å². The number of hydrogen-bond acceptors (Lipinski definition) is 2.